The van der Waals surface area contributed by atoms with Crippen molar-refractivity contribution in [3.63, 3.8) is 0 Å². The van der Waals surface area contributed by atoms with Crippen molar-refractivity contribution >= 4 is 21.9 Å². The first-order chi connectivity index (χ1) is 8.06. The summed E-state index contributed by atoms with van der Waals surface area (Å²) in [5, 5.41) is 12.0. The molecule has 0 spiro atoms. The maximum atomic E-state index is 13.1. The monoisotopic (exact) mass is 301 g/mol. The minimum atomic E-state index is -0.831. The SMILES string of the molecule is O=C(O)C(NCc1cc(F)cc(Br)c1)C1CC1. The summed E-state index contributed by atoms with van der Waals surface area (Å²) in [5.41, 5.74) is 0.740. The van der Waals surface area contributed by atoms with Gasteiger partial charge in [-0.25, -0.2) is 4.39 Å². The predicted molar refractivity (Wildman–Crippen MR) is 65.1 cm³/mol. The third-order valence-corrected chi connectivity index (χ3v) is 3.27. The number of carboxylic acid groups (broad SMARTS) is 1. The van der Waals surface area contributed by atoms with E-state index in [4.69, 9.17) is 5.11 Å². The van der Waals surface area contributed by atoms with Crippen LogP contribution in [0.25, 0.3) is 0 Å². The molecular weight excluding hydrogens is 289 g/mol. The van der Waals surface area contributed by atoms with Crippen LogP contribution in [0.15, 0.2) is 22.7 Å². The summed E-state index contributed by atoms with van der Waals surface area (Å²) < 4.78 is 13.8. The van der Waals surface area contributed by atoms with Gasteiger partial charge in [0.25, 0.3) is 0 Å². The Balaban J connectivity index is 1.98. The lowest BCUT2D eigenvalue weighted by atomic mass is 10.1. The van der Waals surface area contributed by atoms with E-state index in [0.29, 0.717) is 11.0 Å². The summed E-state index contributed by atoms with van der Waals surface area (Å²) in [6, 6.07) is 4.04. The van der Waals surface area contributed by atoms with Gasteiger partial charge in [-0.3, -0.25) is 4.79 Å². The van der Waals surface area contributed by atoms with E-state index in [1.807, 2.05) is 0 Å². The molecule has 2 rings (SSSR count). The molecule has 0 bridgehead atoms. The van der Waals surface area contributed by atoms with Crippen LogP contribution in [0.5, 0.6) is 0 Å². The zero-order chi connectivity index (χ0) is 12.4. The van der Waals surface area contributed by atoms with E-state index >= 15 is 0 Å². The average Bonchev–Trinajstić information content (AvgIpc) is 3.00. The van der Waals surface area contributed by atoms with Crippen LogP contribution in [0.3, 0.4) is 0 Å². The molecule has 0 aromatic heterocycles. The number of hydrogen-bond donors (Lipinski definition) is 2. The lowest BCUT2D eigenvalue weighted by Crippen LogP contribution is -2.38. The van der Waals surface area contributed by atoms with Crippen LogP contribution in [0.1, 0.15) is 18.4 Å². The van der Waals surface area contributed by atoms with Crippen LogP contribution >= 0.6 is 15.9 Å². The van der Waals surface area contributed by atoms with Crippen LogP contribution in [0.4, 0.5) is 4.39 Å². The molecular formula is C12H13BrFNO2. The van der Waals surface area contributed by atoms with E-state index in [1.54, 1.807) is 6.07 Å². The van der Waals surface area contributed by atoms with Gasteiger partial charge in [0.05, 0.1) is 0 Å². The van der Waals surface area contributed by atoms with Crippen molar-refractivity contribution in [2.45, 2.75) is 25.4 Å². The Morgan fingerprint density at radius 1 is 1.53 bits per heavy atom. The quantitative estimate of drug-likeness (QED) is 0.879. The van der Waals surface area contributed by atoms with Gasteiger partial charge in [-0.05, 0) is 42.5 Å². The highest BCUT2D eigenvalue weighted by Crippen LogP contribution is 2.32. The Hall–Kier alpha value is -0.940. The first-order valence-corrected chi connectivity index (χ1v) is 6.27. The number of benzene rings is 1. The molecule has 92 valence electrons. The number of carboxylic acids is 1. The summed E-state index contributed by atoms with van der Waals surface area (Å²) in [6.45, 7) is 0.365. The van der Waals surface area contributed by atoms with Crippen LogP contribution in [0, 0.1) is 11.7 Å². The molecule has 0 amide bonds. The van der Waals surface area contributed by atoms with Gasteiger partial charge < -0.3 is 10.4 Å². The fourth-order valence-corrected chi connectivity index (χ4v) is 2.34. The Morgan fingerprint density at radius 3 is 2.76 bits per heavy atom. The van der Waals surface area contributed by atoms with E-state index in [0.717, 1.165) is 18.4 Å². The fourth-order valence-electron chi connectivity index (χ4n) is 1.83. The molecule has 1 aromatic rings. The molecule has 5 heteroatoms. The van der Waals surface area contributed by atoms with Crippen LogP contribution in [-0.4, -0.2) is 17.1 Å². The molecule has 1 fully saturated rings. The Morgan fingerprint density at radius 2 is 2.24 bits per heavy atom. The van der Waals surface area contributed by atoms with Gasteiger partial charge in [0, 0.05) is 11.0 Å². The van der Waals surface area contributed by atoms with Gasteiger partial charge in [0.2, 0.25) is 0 Å². The number of carbonyl (C=O) groups is 1. The second-order valence-corrected chi connectivity index (χ2v) is 5.23. The van der Waals surface area contributed by atoms with Gasteiger partial charge >= 0.3 is 5.97 Å². The second-order valence-electron chi connectivity index (χ2n) is 4.31. The average molecular weight is 302 g/mol. The molecule has 0 heterocycles. The number of rotatable bonds is 5. The van der Waals surface area contributed by atoms with Gasteiger partial charge in [0.15, 0.2) is 0 Å². The summed E-state index contributed by atoms with van der Waals surface area (Å²) in [7, 11) is 0. The zero-order valence-electron chi connectivity index (χ0n) is 9.12. The van der Waals surface area contributed by atoms with Gasteiger partial charge in [-0.1, -0.05) is 15.9 Å². The summed E-state index contributed by atoms with van der Waals surface area (Å²) >= 11 is 3.21. The van der Waals surface area contributed by atoms with Crippen molar-refractivity contribution in [2.75, 3.05) is 0 Å². The topological polar surface area (TPSA) is 49.3 Å². The maximum Gasteiger partial charge on any atom is 0.320 e. The second kappa shape index (κ2) is 5.14. The lowest BCUT2D eigenvalue weighted by Gasteiger charge is -2.13. The van der Waals surface area contributed by atoms with Crippen molar-refractivity contribution in [3.8, 4) is 0 Å². The molecule has 0 aliphatic heterocycles. The Bertz CT molecular complexity index is 414. The molecule has 1 saturated carbocycles. The minimum Gasteiger partial charge on any atom is -0.480 e. The molecule has 3 nitrogen and oxygen atoms in total. The number of nitrogens with one attached hydrogen (secondary N) is 1. The Kier molecular flexibility index (Phi) is 3.79. The van der Waals surface area contributed by atoms with Crippen molar-refractivity contribution in [3.05, 3.63) is 34.1 Å². The Labute approximate surface area is 107 Å². The number of hydrogen-bond acceptors (Lipinski definition) is 2. The third kappa shape index (κ3) is 3.51. The van der Waals surface area contributed by atoms with Crippen molar-refractivity contribution < 1.29 is 14.3 Å². The fraction of sp³-hybridized carbons (Fsp3) is 0.417. The van der Waals surface area contributed by atoms with E-state index in [2.05, 4.69) is 21.2 Å². The van der Waals surface area contributed by atoms with E-state index in [9.17, 15) is 9.18 Å². The van der Waals surface area contributed by atoms with Gasteiger partial charge in [0.1, 0.15) is 11.9 Å². The third-order valence-electron chi connectivity index (χ3n) is 2.81. The molecule has 2 N–H and O–H groups in total. The molecule has 1 aromatic carbocycles. The number of halogens is 2. The molecule has 17 heavy (non-hydrogen) atoms. The molecule has 0 saturated heterocycles. The largest absolute Gasteiger partial charge is 0.480 e. The summed E-state index contributed by atoms with van der Waals surface area (Å²) in [6.07, 6.45) is 1.91. The minimum absolute atomic E-state index is 0.226. The normalized spacial score (nSPS) is 16.8. The van der Waals surface area contributed by atoms with Crippen LogP contribution in [0.2, 0.25) is 0 Å². The zero-order valence-corrected chi connectivity index (χ0v) is 10.7. The lowest BCUT2D eigenvalue weighted by molar-refractivity contribution is -0.140. The molecule has 1 aliphatic carbocycles. The first-order valence-electron chi connectivity index (χ1n) is 5.47. The summed E-state index contributed by atoms with van der Waals surface area (Å²) in [4.78, 5) is 11.0. The summed E-state index contributed by atoms with van der Waals surface area (Å²) in [5.74, 6) is -0.929. The van der Waals surface area contributed by atoms with Gasteiger partial charge in [-0.15, -0.1) is 0 Å². The highest BCUT2D eigenvalue weighted by Gasteiger charge is 2.35. The van der Waals surface area contributed by atoms with E-state index in [-0.39, 0.29) is 11.7 Å². The van der Waals surface area contributed by atoms with Crippen LogP contribution in [-0.2, 0) is 11.3 Å². The van der Waals surface area contributed by atoms with E-state index in [1.165, 1.54) is 12.1 Å². The first kappa shape index (κ1) is 12.5. The molecule has 1 atom stereocenters. The van der Waals surface area contributed by atoms with Crippen molar-refractivity contribution in [1.29, 1.82) is 0 Å². The molecule has 1 aliphatic rings. The predicted octanol–water partition coefficient (Wildman–Crippen LogP) is 2.54. The smallest absolute Gasteiger partial charge is 0.320 e. The highest BCUT2D eigenvalue weighted by molar-refractivity contribution is 9.10. The molecule has 1 unspecified atom stereocenters. The van der Waals surface area contributed by atoms with Gasteiger partial charge in [-0.2, -0.15) is 0 Å². The maximum absolute atomic E-state index is 13.1. The standard InChI is InChI=1S/C12H13BrFNO2/c13-9-3-7(4-10(14)5-9)6-15-11(12(16)17)8-1-2-8/h3-5,8,11,15H,1-2,6H2,(H,16,17). The van der Waals surface area contributed by atoms with E-state index < -0.39 is 12.0 Å². The molecule has 0 radical (unpaired) electrons. The highest BCUT2D eigenvalue weighted by atomic mass is 79.9. The van der Waals surface area contributed by atoms with Crippen molar-refractivity contribution in [1.82, 2.24) is 5.32 Å². The van der Waals surface area contributed by atoms with Crippen LogP contribution < -0.4 is 5.32 Å². The van der Waals surface area contributed by atoms with Crippen molar-refractivity contribution in [2.24, 2.45) is 5.92 Å². The number of aliphatic carboxylic acids is 1.